The van der Waals surface area contributed by atoms with E-state index in [1.807, 2.05) is 0 Å². The number of nitrogen functional groups attached to an aromatic ring is 1. The zero-order valence-corrected chi connectivity index (χ0v) is 20.5. The van der Waals surface area contributed by atoms with E-state index in [1.165, 1.54) is 12.1 Å². The summed E-state index contributed by atoms with van der Waals surface area (Å²) in [7, 11) is 0. The Kier molecular flexibility index (Phi) is 11.0. The zero-order valence-electron chi connectivity index (χ0n) is 20.5. The van der Waals surface area contributed by atoms with Crippen LogP contribution in [0.1, 0.15) is 23.2 Å². The molecule has 39 heavy (non-hydrogen) atoms. The number of hydrogen-bond donors (Lipinski definition) is 11. The van der Waals surface area contributed by atoms with Crippen molar-refractivity contribution >= 4 is 47.0 Å². The second-order valence-electron chi connectivity index (χ2n) is 8.28. The number of carbonyl (C=O) groups excluding carboxylic acids is 1. The standard InChI is InChI=1S/C19H23N7O6.C3H7NO3/c20-19-25-15-14(17(30)26-19)23-11(8-22-15)7-21-10-3-1-9(2-4-10)16(29)24-12(18(31)32)5-6-13(27)28;4-2(1-5)3(6)7/h1-4,11-12,21,23H,5-8H2,(H,24,29)(H,27,28)(H,31,32)(H4,20,22,25,26,30);2,5H,1,4H2,(H,6,7). The second kappa shape index (κ2) is 14.1. The average molecular weight is 551 g/mol. The summed E-state index contributed by atoms with van der Waals surface area (Å²) in [6, 6.07) is 3.81. The molecule has 17 heteroatoms. The van der Waals surface area contributed by atoms with Gasteiger partial charge in [0, 0.05) is 30.8 Å². The van der Waals surface area contributed by atoms with Crippen LogP contribution in [0.4, 0.5) is 23.1 Å². The molecule has 3 rings (SSSR count). The van der Waals surface area contributed by atoms with Crippen LogP contribution in [0.3, 0.4) is 0 Å². The van der Waals surface area contributed by atoms with Crippen LogP contribution in [-0.4, -0.2) is 92.0 Å². The van der Waals surface area contributed by atoms with Crippen molar-refractivity contribution in [3.05, 3.63) is 40.2 Å². The summed E-state index contributed by atoms with van der Waals surface area (Å²) >= 11 is 0. The lowest BCUT2D eigenvalue weighted by molar-refractivity contribution is -0.141. The van der Waals surface area contributed by atoms with Crippen molar-refractivity contribution in [2.45, 2.75) is 31.0 Å². The number of fused-ring (bicyclic) bond motifs is 1. The molecule has 2 heterocycles. The Balaban J connectivity index is 0.000000673. The Morgan fingerprint density at radius 3 is 2.31 bits per heavy atom. The molecule has 0 fully saturated rings. The molecule has 0 aliphatic carbocycles. The normalized spacial score (nSPS) is 15.1. The van der Waals surface area contributed by atoms with Crippen LogP contribution >= 0.6 is 0 Å². The van der Waals surface area contributed by atoms with Gasteiger partial charge in [-0.05, 0) is 30.7 Å². The summed E-state index contributed by atoms with van der Waals surface area (Å²) in [5.41, 5.74) is 11.2. The van der Waals surface area contributed by atoms with Crippen molar-refractivity contribution in [2.24, 2.45) is 5.73 Å². The number of carboxylic acids is 3. The summed E-state index contributed by atoms with van der Waals surface area (Å²) in [5, 5.41) is 45.4. The lowest BCUT2D eigenvalue weighted by Crippen LogP contribution is -2.41. The van der Waals surface area contributed by atoms with Crippen molar-refractivity contribution < 1.29 is 39.6 Å². The predicted octanol–water partition coefficient (Wildman–Crippen LogP) is -1.89. The number of aliphatic hydroxyl groups excluding tert-OH is 1. The monoisotopic (exact) mass is 550 g/mol. The largest absolute Gasteiger partial charge is 0.481 e. The highest BCUT2D eigenvalue weighted by Gasteiger charge is 2.23. The first-order valence-corrected chi connectivity index (χ1v) is 11.5. The van der Waals surface area contributed by atoms with Gasteiger partial charge in [0.15, 0.2) is 5.82 Å². The van der Waals surface area contributed by atoms with Crippen LogP contribution in [-0.2, 0) is 14.4 Å². The van der Waals surface area contributed by atoms with E-state index in [0.29, 0.717) is 30.3 Å². The highest BCUT2D eigenvalue weighted by molar-refractivity contribution is 5.97. The Morgan fingerprint density at radius 2 is 1.77 bits per heavy atom. The van der Waals surface area contributed by atoms with Crippen LogP contribution in [0, 0.1) is 0 Å². The van der Waals surface area contributed by atoms with Crippen molar-refractivity contribution in [1.29, 1.82) is 0 Å². The van der Waals surface area contributed by atoms with Gasteiger partial charge in [-0.15, -0.1) is 0 Å². The molecule has 0 saturated heterocycles. The third-order valence-electron chi connectivity index (χ3n) is 5.27. The number of aliphatic carboxylic acids is 3. The van der Waals surface area contributed by atoms with E-state index in [9.17, 15) is 24.0 Å². The average Bonchev–Trinajstić information content (AvgIpc) is 2.89. The van der Waals surface area contributed by atoms with Crippen molar-refractivity contribution in [3.63, 3.8) is 0 Å². The van der Waals surface area contributed by atoms with E-state index in [2.05, 4.69) is 31.2 Å². The highest BCUT2D eigenvalue weighted by atomic mass is 16.4. The number of benzene rings is 1. The summed E-state index contributed by atoms with van der Waals surface area (Å²) in [6.07, 6.45) is -0.587. The van der Waals surface area contributed by atoms with E-state index < -0.39 is 42.5 Å². The first kappa shape index (κ1) is 30.3. The Bertz CT molecular complexity index is 1240. The minimum absolute atomic E-state index is 0.0281. The fourth-order valence-electron chi connectivity index (χ4n) is 3.18. The van der Waals surface area contributed by atoms with Crippen LogP contribution in [0.15, 0.2) is 29.1 Å². The molecule has 3 unspecified atom stereocenters. The lowest BCUT2D eigenvalue weighted by Gasteiger charge is -2.27. The molecule has 1 aliphatic heterocycles. The zero-order chi connectivity index (χ0) is 29.1. The molecule has 0 saturated carbocycles. The maximum absolute atomic E-state index is 12.3. The molecule has 1 aromatic heterocycles. The topological polar surface area (TPSA) is 295 Å². The maximum atomic E-state index is 12.3. The summed E-state index contributed by atoms with van der Waals surface area (Å²) in [5.74, 6) is -3.82. The van der Waals surface area contributed by atoms with Crippen LogP contribution in [0.2, 0.25) is 0 Å². The van der Waals surface area contributed by atoms with E-state index in [1.54, 1.807) is 12.1 Å². The number of aromatic amines is 1. The molecule has 13 N–H and O–H groups in total. The summed E-state index contributed by atoms with van der Waals surface area (Å²) in [4.78, 5) is 62.2. The van der Waals surface area contributed by atoms with E-state index in [4.69, 9.17) is 31.9 Å². The molecule has 0 spiro atoms. The molecule has 1 amide bonds. The first-order chi connectivity index (χ1) is 18.4. The first-order valence-electron chi connectivity index (χ1n) is 11.5. The number of hydrogen-bond acceptors (Lipinski definition) is 12. The molecular weight excluding hydrogens is 520 g/mol. The molecule has 17 nitrogen and oxygen atoms in total. The number of aromatic nitrogens is 2. The molecule has 1 aromatic carbocycles. The van der Waals surface area contributed by atoms with Crippen LogP contribution < -0.4 is 38.3 Å². The number of nitrogens with two attached hydrogens (primary N) is 2. The fraction of sp³-hybridized carbons (Fsp3) is 0.364. The summed E-state index contributed by atoms with van der Waals surface area (Å²) in [6.45, 7) is 0.455. The lowest BCUT2D eigenvalue weighted by atomic mass is 10.1. The maximum Gasteiger partial charge on any atom is 0.326 e. The Hall–Kier alpha value is -4.90. The van der Waals surface area contributed by atoms with Gasteiger partial charge in [0.2, 0.25) is 5.95 Å². The molecular formula is C22H30N8O9. The minimum atomic E-state index is -1.30. The molecule has 2 aromatic rings. The third-order valence-corrected chi connectivity index (χ3v) is 5.27. The van der Waals surface area contributed by atoms with Crippen molar-refractivity contribution in [2.75, 3.05) is 41.4 Å². The van der Waals surface area contributed by atoms with Crippen LogP contribution in [0.25, 0.3) is 0 Å². The fourth-order valence-corrected chi connectivity index (χ4v) is 3.18. The Labute approximate surface area is 220 Å². The van der Waals surface area contributed by atoms with Crippen molar-refractivity contribution in [3.8, 4) is 0 Å². The Morgan fingerprint density at radius 1 is 1.10 bits per heavy atom. The number of anilines is 4. The molecule has 0 radical (unpaired) electrons. The van der Waals surface area contributed by atoms with Gasteiger partial charge in [-0.3, -0.25) is 24.2 Å². The molecule has 3 atom stereocenters. The van der Waals surface area contributed by atoms with Gasteiger partial charge in [0.1, 0.15) is 17.8 Å². The number of nitrogens with zero attached hydrogens (tertiary/aromatic N) is 1. The van der Waals surface area contributed by atoms with Gasteiger partial charge in [-0.25, -0.2) is 4.79 Å². The van der Waals surface area contributed by atoms with E-state index in [0.717, 1.165) is 0 Å². The predicted molar refractivity (Wildman–Crippen MR) is 139 cm³/mol. The smallest absolute Gasteiger partial charge is 0.326 e. The van der Waals surface area contributed by atoms with Gasteiger partial charge >= 0.3 is 17.9 Å². The molecule has 1 aliphatic rings. The minimum Gasteiger partial charge on any atom is -0.481 e. The van der Waals surface area contributed by atoms with Gasteiger partial charge in [0.25, 0.3) is 11.5 Å². The number of carbonyl (C=O) groups is 4. The highest BCUT2D eigenvalue weighted by Crippen LogP contribution is 2.20. The van der Waals surface area contributed by atoms with Gasteiger partial charge in [-0.2, -0.15) is 4.98 Å². The molecule has 0 bridgehead atoms. The SMILES string of the molecule is NC(CO)C(=O)O.Nc1nc2c(c(=O)[nH]1)NC(CNc1ccc(C(=O)NC(CCC(=O)O)C(=O)O)cc1)CN2. The molecule has 212 valence electrons. The number of H-pyrrole nitrogens is 1. The third kappa shape index (κ3) is 9.48. The van der Waals surface area contributed by atoms with Gasteiger partial charge in [-0.1, -0.05) is 0 Å². The number of aliphatic hydroxyl groups is 1. The van der Waals surface area contributed by atoms with Gasteiger partial charge < -0.3 is 53.2 Å². The number of nitrogens with one attached hydrogen (secondary N) is 5. The number of carboxylic acid groups (broad SMARTS) is 3. The second-order valence-corrected chi connectivity index (χ2v) is 8.28. The van der Waals surface area contributed by atoms with Crippen LogP contribution in [0.5, 0.6) is 0 Å². The van der Waals surface area contributed by atoms with Crippen molar-refractivity contribution in [1.82, 2.24) is 15.3 Å². The van der Waals surface area contributed by atoms with E-state index >= 15 is 0 Å². The quantitative estimate of drug-likeness (QED) is 0.146. The van der Waals surface area contributed by atoms with E-state index in [-0.39, 0.29) is 36.0 Å². The summed E-state index contributed by atoms with van der Waals surface area (Å²) < 4.78 is 0. The van der Waals surface area contributed by atoms with Gasteiger partial charge in [0.05, 0.1) is 12.6 Å². The number of rotatable bonds is 11. The number of amides is 1.